The van der Waals surface area contributed by atoms with Gasteiger partial charge in [-0.1, -0.05) is 13.8 Å². The Balaban J connectivity index is 2.62. The van der Waals surface area contributed by atoms with Gasteiger partial charge in [0, 0.05) is 24.8 Å². The maximum Gasteiger partial charge on any atom is 0.0468 e. The maximum absolute atomic E-state index is 5.82. The minimum atomic E-state index is 0.0938. The van der Waals surface area contributed by atoms with Crippen molar-refractivity contribution in [1.29, 1.82) is 0 Å². The van der Waals surface area contributed by atoms with Crippen molar-refractivity contribution in [3.63, 3.8) is 0 Å². The number of nitrogens with zero attached hydrogens (tertiary/aromatic N) is 1. The molecule has 0 aromatic carbocycles. The molecule has 0 spiro atoms. The third kappa shape index (κ3) is 3.92. The molecule has 1 aliphatic heterocycles. The fraction of sp³-hybridized carbons (Fsp3) is 1.00. The van der Waals surface area contributed by atoms with Crippen LogP contribution in [0, 0.1) is 5.92 Å². The lowest BCUT2D eigenvalue weighted by Crippen LogP contribution is -2.60. The van der Waals surface area contributed by atoms with E-state index < -0.39 is 0 Å². The summed E-state index contributed by atoms with van der Waals surface area (Å²) >= 11 is 0. The van der Waals surface area contributed by atoms with E-state index in [4.69, 9.17) is 10.6 Å². The Bertz CT molecular complexity index is 223. The number of hydrogen-bond acceptors (Lipinski definition) is 4. The first kappa shape index (κ1) is 15.9. The van der Waals surface area contributed by atoms with Crippen LogP contribution in [0.3, 0.4) is 0 Å². The number of likely N-dealkylation sites (N-methyl/N-ethyl adjacent to an activating group) is 1. The molecule has 0 aromatic rings. The third-order valence-corrected chi connectivity index (χ3v) is 4.54. The molecule has 0 aromatic heterocycles. The van der Waals surface area contributed by atoms with Crippen LogP contribution in [0.4, 0.5) is 0 Å². The highest BCUT2D eigenvalue weighted by Gasteiger charge is 2.35. The number of ether oxygens (including phenoxy) is 1. The van der Waals surface area contributed by atoms with Crippen LogP contribution in [0.2, 0.25) is 0 Å². The van der Waals surface area contributed by atoms with Crippen LogP contribution in [0.5, 0.6) is 0 Å². The standard InChI is InChI=1S/C14H31N3O/c1-5-17(6-2)14(3,4)13(16-15)11-12-7-9-18-10-8-12/h12-13,16H,5-11,15H2,1-4H3. The summed E-state index contributed by atoms with van der Waals surface area (Å²) < 4.78 is 5.43. The Morgan fingerprint density at radius 1 is 1.28 bits per heavy atom. The van der Waals surface area contributed by atoms with Gasteiger partial charge >= 0.3 is 0 Å². The SMILES string of the molecule is CCN(CC)C(C)(C)C(CC1CCOCC1)NN. The van der Waals surface area contributed by atoms with E-state index in [2.05, 4.69) is 38.0 Å². The molecule has 0 aliphatic carbocycles. The van der Waals surface area contributed by atoms with Crippen LogP contribution >= 0.6 is 0 Å². The van der Waals surface area contributed by atoms with Gasteiger partial charge in [0.15, 0.2) is 0 Å². The minimum Gasteiger partial charge on any atom is -0.381 e. The van der Waals surface area contributed by atoms with E-state index in [0.29, 0.717) is 6.04 Å². The van der Waals surface area contributed by atoms with Gasteiger partial charge < -0.3 is 4.74 Å². The minimum absolute atomic E-state index is 0.0938. The fourth-order valence-corrected chi connectivity index (χ4v) is 3.13. The average Bonchev–Trinajstić information content (AvgIpc) is 2.38. The van der Waals surface area contributed by atoms with Gasteiger partial charge in [-0.2, -0.15) is 0 Å². The van der Waals surface area contributed by atoms with Gasteiger partial charge in [0.05, 0.1) is 0 Å². The van der Waals surface area contributed by atoms with Crippen LogP contribution in [0.1, 0.15) is 47.0 Å². The van der Waals surface area contributed by atoms with Crippen molar-refractivity contribution in [3.05, 3.63) is 0 Å². The summed E-state index contributed by atoms with van der Waals surface area (Å²) in [6.07, 6.45) is 3.49. The number of hydrogen-bond donors (Lipinski definition) is 2. The van der Waals surface area contributed by atoms with E-state index in [0.717, 1.165) is 38.6 Å². The van der Waals surface area contributed by atoms with Crippen LogP contribution < -0.4 is 11.3 Å². The van der Waals surface area contributed by atoms with Crippen molar-refractivity contribution in [1.82, 2.24) is 10.3 Å². The lowest BCUT2D eigenvalue weighted by molar-refractivity contribution is 0.0389. The molecule has 1 rings (SSSR count). The molecular weight excluding hydrogens is 226 g/mol. The van der Waals surface area contributed by atoms with E-state index in [1.807, 2.05) is 0 Å². The van der Waals surface area contributed by atoms with E-state index in [1.165, 1.54) is 12.8 Å². The van der Waals surface area contributed by atoms with Crippen molar-refractivity contribution in [2.45, 2.75) is 58.5 Å². The Hall–Kier alpha value is -0.160. The molecule has 1 fully saturated rings. The van der Waals surface area contributed by atoms with Gasteiger partial charge in [0.25, 0.3) is 0 Å². The van der Waals surface area contributed by atoms with Crippen LogP contribution in [-0.2, 0) is 4.74 Å². The van der Waals surface area contributed by atoms with E-state index in [9.17, 15) is 0 Å². The van der Waals surface area contributed by atoms with Gasteiger partial charge in [-0.25, -0.2) is 0 Å². The molecule has 1 unspecified atom stereocenters. The van der Waals surface area contributed by atoms with Gasteiger partial charge in [0.2, 0.25) is 0 Å². The zero-order valence-corrected chi connectivity index (χ0v) is 12.5. The van der Waals surface area contributed by atoms with Crippen molar-refractivity contribution in [2.24, 2.45) is 11.8 Å². The van der Waals surface area contributed by atoms with Crippen molar-refractivity contribution in [2.75, 3.05) is 26.3 Å². The Labute approximate surface area is 112 Å². The molecule has 1 heterocycles. The molecule has 108 valence electrons. The molecule has 0 bridgehead atoms. The molecular formula is C14H31N3O. The topological polar surface area (TPSA) is 50.5 Å². The molecule has 3 N–H and O–H groups in total. The van der Waals surface area contributed by atoms with Crippen LogP contribution in [-0.4, -0.2) is 42.8 Å². The zero-order valence-electron chi connectivity index (χ0n) is 12.5. The van der Waals surface area contributed by atoms with Crippen LogP contribution in [0.25, 0.3) is 0 Å². The number of nitrogens with two attached hydrogens (primary N) is 1. The van der Waals surface area contributed by atoms with E-state index >= 15 is 0 Å². The van der Waals surface area contributed by atoms with E-state index in [-0.39, 0.29) is 5.54 Å². The van der Waals surface area contributed by atoms with Gasteiger partial charge in [0.1, 0.15) is 0 Å². The monoisotopic (exact) mass is 257 g/mol. The Kier molecular flexibility index (Phi) is 6.57. The summed E-state index contributed by atoms with van der Waals surface area (Å²) in [5.41, 5.74) is 3.15. The first-order valence-electron chi connectivity index (χ1n) is 7.35. The molecule has 1 aliphatic rings. The number of nitrogens with one attached hydrogen (secondary N) is 1. The third-order valence-electron chi connectivity index (χ3n) is 4.54. The highest BCUT2D eigenvalue weighted by molar-refractivity contribution is 4.93. The molecule has 1 atom stereocenters. The second kappa shape index (κ2) is 7.43. The quantitative estimate of drug-likeness (QED) is 0.539. The summed E-state index contributed by atoms with van der Waals surface area (Å²) in [5.74, 6) is 6.56. The highest BCUT2D eigenvalue weighted by Crippen LogP contribution is 2.27. The van der Waals surface area contributed by atoms with Gasteiger partial charge in [-0.3, -0.25) is 16.2 Å². The maximum atomic E-state index is 5.82. The number of hydrazine groups is 1. The fourth-order valence-electron chi connectivity index (χ4n) is 3.13. The smallest absolute Gasteiger partial charge is 0.0468 e. The van der Waals surface area contributed by atoms with Crippen LogP contribution in [0.15, 0.2) is 0 Å². The van der Waals surface area contributed by atoms with Crippen molar-refractivity contribution >= 4 is 0 Å². The summed E-state index contributed by atoms with van der Waals surface area (Å²) in [4.78, 5) is 2.48. The zero-order chi connectivity index (χ0) is 13.6. The van der Waals surface area contributed by atoms with E-state index in [1.54, 1.807) is 0 Å². The van der Waals surface area contributed by atoms with Crippen molar-refractivity contribution < 1.29 is 4.74 Å². The lowest BCUT2D eigenvalue weighted by atomic mass is 9.83. The summed E-state index contributed by atoms with van der Waals surface area (Å²) in [6, 6.07) is 0.334. The predicted octanol–water partition coefficient (Wildman–Crippen LogP) is 1.76. The number of rotatable bonds is 7. The average molecular weight is 257 g/mol. The van der Waals surface area contributed by atoms with Gasteiger partial charge in [-0.15, -0.1) is 0 Å². The highest BCUT2D eigenvalue weighted by atomic mass is 16.5. The lowest BCUT2D eigenvalue weighted by Gasteiger charge is -2.44. The molecule has 0 saturated carbocycles. The molecule has 1 saturated heterocycles. The molecule has 18 heavy (non-hydrogen) atoms. The molecule has 4 nitrogen and oxygen atoms in total. The van der Waals surface area contributed by atoms with Gasteiger partial charge in [-0.05, 0) is 52.1 Å². The predicted molar refractivity (Wildman–Crippen MR) is 76.3 cm³/mol. The Morgan fingerprint density at radius 2 is 1.83 bits per heavy atom. The second-order valence-corrected chi connectivity index (χ2v) is 5.84. The molecule has 0 radical (unpaired) electrons. The largest absolute Gasteiger partial charge is 0.381 e. The first-order chi connectivity index (χ1) is 8.56. The van der Waals surface area contributed by atoms with Crippen molar-refractivity contribution in [3.8, 4) is 0 Å². The summed E-state index contributed by atoms with van der Waals surface area (Å²) in [6.45, 7) is 13.0. The molecule has 0 amide bonds. The normalized spacial score (nSPS) is 20.3. The second-order valence-electron chi connectivity index (χ2n) is 5.84. The molecule has 4 heteroatoms. The Morgan fingerprint density at radius 3 is 2.28 bits per heavy atom. The summed E-state index contributed by atoms with van der Waals surface area (Å²) in [7, 11) is 0. The summed E-state index contributed by atoms with van der Waals surface area (Å²) in [5, 5.41) is 0. The first-order valence-corrected chi connectivity index (χ1v) is 7.35.